The zero-order valence-corrected chi connectivity index (χ0v) is 8.42. The molecule has 2 N–H and O–H groups in total. The van der Waals surface area contributed by atoms with Crippen molar-refractivity contribution in [2.24, 2.45) is 5.92 Å². The first kappa shape index (κ1) is 11.4. The molecular weight excluding hydrogens is 152 g/mol. The van der Waals surface area contributed by atoms with Gasteiger partial charge in [-0.05, 0) is 5.92 Å². The van der Waals surface area contributed by atoms with Gasteiger partial charge in [0.2, 0.25) is 6.41 Å². The van der Waals surface area contributed by atoms with Crippen molar-refractivity contribution in [1.29, 1.82) is 0 Å². The summed E-state index contributed by atoms with van der Waals surface area (Å²) in [6.07, 6.45) is 0.747. The van der Waals surface area contributed by atoms with Crippen LogP contribution in [0.4, 0.5) is 0 Å². The molecule has 0 aliphatic rings. The first-order valence-corrected chi connectivity index (χ1v) is 4.51. The fourth-order valence-electron chi connectivity index (χ4n) is 1.09. The Balaban J connectivity index is 3.77. The number of amides is 1. The third-order valence-electron chi connectivity index (χ3n) is 1.77. The van der Waals surface area contributed by atoms with Crippen LogP contribution >= 0.6 is 0 Å². The average Bonchev–Trinajstić information content (AvgIpc) is 1.96. The summed E-state index contributed by atoms with van der Waals surface area (Å²) in [4.78, 5) is 10.1. The van der Waals surface area contributed by atoms with E-state index in [-0.39, 0.29) is 0 Å². The van der Waals surface area contributed by atoms with Crippen molar-refractivity contribution in [3.05, 3.63) is 0 Å². The summed E-state index contributed by atoms with van der Waals surface area (Å²) < 4.78 is 0. The van der Waals surface area contributed by atoms with E-state index in [1.807, 2.05) is 0 Å². The van der Waals surface area contributed by atoms with Gasteiger partial charge in [0.1, 0.15) is 0 Å². The van der Waals surface area contributed by atoms with Crippen LogP contribution in [0.5, 0.6) is 0 Å². The molecule has 0 spiro atoms. The molecule has 0 aromatic rings. The van der Waals surface area contributed by atoms with E-state index in [1.54, 1.807) is 0 Å². The number of rotatable bonds is 6. The lowest BCUT2D eigenvalue weighted by atomic mass is 10.0. The molecule has 0 aliphatic carbocycles. The van der Waals surface area contributed by atoms with E-state index in [2.05, 4.69) is 38.3 Å². The normalized spacial score (nSPS) is 13.5. The van der Waals surface area contributed by atoms with Crippen LogP contribution in [0.25, 0.3) is 0 Å². The Bertz CT molecular complexity index is 124. The van der Waals surface area contributed by atoms with Crippen molar-refractivity contribution in [3.63, 3.8) is 0 Å². The highest BCUT2D eigenvalue weighted by molar-refractivity contribution is 5.45. The van der Waals surface area contributed by atoms with E-state index in [1.165, 1.54) is 0 Å². The molecule has 12 heavy (non-hydrogen) atoms. The Hall–Kier alpha value is -0.570. The first-order chi connectivity index (χ1) is 5.57. The van der Waals surface area contributed by atoms with Crippen molar-refractivity contribution in [2.45, 2.75) is 39.8 Å². The minimum Gasteiger partial charge on any atom is -0.357 e. The lowest BCUT2D eigenvalue weighted by molar-refractivity contribution is -0.109. The first-order valence-electron chi connectivity index (χ1n) is 4.51. The Morgan fingerprint density at radius 1 is 1.25 bits per heavy atom. The molecule has 1 atom stereocenters. The Labute approximate surface area is 74.9 Å². The predicted molar refractivity (Wildman–Crippen MR) is 51.0 cm³/mol. The SMILES string of the molecule is CC(C)NC(CNC=O)C(C)C. The summed E-state index contributed by atoms with van der Waals surface area (Å²) in [5.41, 5.74) is 0. The predicted octanol–water partition coefficient (Wildman–Crippen LogP) is 0.755. The van der Waals surface area contributed by atoms with Gasteiger partial charge in [0, 0.05) is 18.6 Å². The molecule has 1 unspecified atom stereocenters. The second-order valence-corrected chi connectivity index (χ2v) is 3.70. The molecule has 1 amide bonds. The van der Waals surface area contributed by atoms with Crippen LogP contribution in [0.15, 0.2) is 0 Å². The van der Waals surface area contributed by atoms with E-state index in [4.69, 9.17) is 0 Å². The summed E-state index contributed by atoms with van der Waals surface area (Å²) in [6.45, 7) is 9.21. The van der Waals surface area contributed by atoms with Gasteiger partial charge >= 0.3 is 0 Å². The number of nitrogens with one attached hydrogen (secondary N) is 2. The number of hydrogen-bond acceptors (Lipinski definition) is 2. The van der Waals surface area contributed by atoms with Gasteiger partial charge in [-0.25, -0.2) is 0 Å². The van der Waals surface area contributed by atoms with Gasteiger partial charge in [-0.15, -0.1) is 0 Å². The van der Waals surface area contributed by atoms with Crippen LogP contribution in [-0.4, -0.2) is 25.0 Å². The van der Waals surface area contributed by atoms with Crippen molar-refractivity contribution >= 4 is 6.41 Å². The van der Waals surface area contributed by atoms with Crippen LogP contribution in [-0.2, 0) is 4.79 Å². The third-order valence-corrected chi connectivity index (χ3v) is 1.77. The molecule has 0 aromatic carbocycles. The van der Waals surface area contributed by atoms with E-state index in [0.717, 1.165) is 6.41 Å². The Morgan fingerprint density at radius 3 is 2.17 bits per heavy atom. The molecule has 0 fully saturated rings. The summed E-state index contributed by atoms with van der Waals surface area (Å²) in [5, 5.41) is 6.08. The van der Waals surface area contributed by atoms with Crippen LogP contribution in [0.1, 0.15) is 27.7 Å². The van der Waals surface area contributed by atoms with Gasteiger partial charge in [-0.1, -0.05) is 27.7 Å². The fourth-order valence-corrected chi connectivity index (χ4v) is 1.09. The molecule has 0 saturated heterocycles. The minimum absolute atomic E-state index is 0.371. The smallest absolute Gasteiger partial charge is 0.207 e. The molecule has 0 radical (unpaired) electrons. The summed E-state index contributed by atoms with van der Waals surface area (Å²) in [7, 11) is 0. The average molecular weight is 172 g/mol. The van der Waals surface area contributed by atoms with Gasteiger partial charge in [-0.3, -0.25) is 4.79 Å². The lowest BCUT2D eigenvalue weighted by Gasteiger charge is -2.24. The monoisotopic (exact) mass is 172 g/mol. The number of carbonyl (C=O) groups is 1. The molecular formula is C9H20N2O. The standard InChI is InChI=1S/C9H20N2O/c1-7(2)9(5-10-6-12)11-8(3)4/h6-9,11H,5H2,1-4H3,(H,10,12). The fraction of sp³-hybridized carbons (Fsp3) is 0.889. The molecule has 0 heterocycles. The lowest BCUT2D eigenvalue weighted by Crippen LogP contribution is -2.45. The molecule has 3 nitrogen and oxygen atoms in total. The van der Waals surface area contributed by atoms with E-state index < -0.39 is 0 Å². The minimum atomic E-state index is 0.371. The highest BCUT2D eigenvalue weighted by Gasteiger charge is 2.12. The Morgan fingerprint density at radius 2 is 1.83 bits per heavy atom. The highest BCUT2D eigenvalue weighted by atomic mass is 16.1. The van der Waals surface area contributed by atoms with E-state index >= 15 is 0 Å². The number of carbonyl (C=O) groups excluding carboxylic acids is 1. The van der Waals surface area contributed by atoms with Crippen molar-refractivity contribution in [3.8, 4) is 0 Å². The summed E-state index contributed by atoms with van der Waals surface area (Å²) in [6, 6.07) is 0.834. The van der Waals surface area contributed by atoms with Gasteiger partial charge < -0.3 is 10.6 Å². The third kappa shape index (κ3) is 5.13. The van der Waals surface area contributed by atoms with Gasteiger partial charge in [0.05, 0.1) is 0 Å². The quantitative estimate of drug-likeness (QED) is 0.581. The Kier molecular flexibility index (Phi) is 5.72. The van der Waals surface area contributed by atoms with Crippen LogP contribution in [0.2, 0.25) is 0 Å². The van der Waals surface area contributed by atoms with Crippen molar-refractivity contribution in [1.82, 2.24) is 10.6 Å². The molecule has 0 rings (SSSR count). The van der Waals surface area contributed by atoms with E-state index in [0.29, 0.717) is 24.5 Å². The maximum atomic E-state index is 10.1. The molecule has 72 valence electrons. The van der Waals surface area contributed by atoms with Crippen molar-refractivity contribution in [2.75, 3.05) is 6.54 Å². The molecule has 0 aliphatic heterocycles. The van der Waals surface area contributed by atoms with Crippen LogP contribution in [0.3, 0.4) is 0 Å². The molecule has 0 aromatic heterocycles. The van der Waals surface area contributed by atoms with Crippen LogP contribution < -0.4 is 10.6 Å². The maximum Gasteiger partial charge on any atom is 0.207 e. The van der Waals surface area contributed by atoms with Gasteiger partial charge in [-0.2, -0.15) is 0 Å². The molecule has 0 saturated carbocycles. The molecule has 3 heteroatoms. The summed E-state index contributed by atoms with van der Waals surface area (Å²) >= 11 is 0. The van der Waals surface area contributed by atoms with Gasteiger partial charge in [0.15, 0.2) is 0 Å². The van der Waals surface area contributed by atoms with Gasteiger partial charge in [0.25, 0.3) is 0 Å². The van der Waals surface area contributed by atoms with E-state index in [9.17, 15) is 4.79 Å². The maximum absolute atomic E-state index is 10.1. The number of hydrogen-bond donors (Lipinski definition) is 2. The van der Waals surface area contributed by atoms with Crippen LogP contribution in [0, 0.1) is 5.92 Å². The zero-order valence-electron chi connectivity index (χ0n) is 8.42. The summed E-state index contributed by atoms with van der Waals surface area (Å²) in [5.74, 6) is 0.542. The largest absolute Gasteiger partial charge is 0.357 e. The highest BCUT2D eigenvalue weighted by Crippen LogP contribution is 2.00. The second-order valence-electron chi connectivity index (χ2n) is 3.70. The second kappa shape index (κ2) is 6.00. The zero-order chi connectivity index (χ0) is 9.56. The van der Waals surface area contributed by atoms with Crippen molar-refractivity contribution < 1.29 is 4.79 Å². The molecule has 0 bridgehead atoms. The topological polar surface area (TPSA) is 41.1 Å².